The van der Waals surface area contributed by atoms with Gasteiger partial charge < -0.3 is 9.47 Å². The van der Waals surface area contributed by atoms with Crippen LogP contribution in [0.2, 0.25) is 0 Å². The molecule has 0 aromatic carbocycles. The normalized spacial score (nSPS) is 10.0. The van der Waals surface area contributed by atoms with Gasteiger partial charge in [0.15, 0.2) is 0 Å². The van der Waals surface area contributed by atoms with Crippen LogP contribution in [0.3, 0.4) is 0 Å². The Morgan fingerprint density at radius 2 is 2.12 bits per heavy atom. The Bertz CT molecular complexity index is 416. The number of pyridine rings is 1. The van der Waals surface area contributed by atoms with Crippen molar-refractivity contribution in [1.29, 1.82) is 5.26 Å². The van der Waals surface area contributed by atoms with E-state index in [-0.39, 0.29) is 29.2 Å². The number of hydrogen-bond acceptors (Lipinski definition) is 4. The molecule has 4 nitrogen and oxygen atoms in total. The van der Waals surface area contributed by atoms with Gasteiger partial charge in [-0.1, -0.05) is 0 Å². The fourth-order valence-corrected chi connectivity index (χ4v) is 1.35. The Kier molecular flexibility index (Phi) is 4.00. The average Bonchev–Trinajstić information content (AvgIpc) is 2.28. The maximum Gasteiger partial charge on any atom is 0.269 e. The van der Waals surface area contributed by atoms with Gasteiger partial charge in [0.25, 0.3) is 6.43 Å². The molecular formula is C10H10F2N2O2. The smallest absolute Gasteiger partial charge is 0.269 e. The molecule has 0 saturated heterocycles. The Hall–Kier alpha value is -1.90. The molecule has 0 aliphatic carbocycles. The highest BCUT2D eigenvalue weighted by molar-refractivity contribution is 5.46. The van der Waals surface area contributed by atoms with Gasteiger partial charge >= 0.3 is 0 Å². The molecule has 0 aliphatic heterocycles. The fraction of sp³-hybridized carbons (Fsp3) is 0.400. The predicted molar refractivity (Wildman–Crippen MR) is 51.6 cm³/mol. The molecule has 1 aromatic rings. The van der Waals surface area contributed by atoms with E-state index in [4.69, 9.17) is 14.7 Å². The molecule has 1 heterocycles. The van der Waals surface area contributed by atoms with Crippen LogP contribution in [0.25, 0.3) is 0 Å². The molecule has 0 amide bonds. The van der Waals surface area contributed by atoms with Crippen LogP contribution >= 0.6 is 0 Å². The van der Waals surface area contributed by atoms with Crippen molar-refractivity contribution in [2.24, 2.45) is 0 Å². The van der Waals surface area contributed by atoms with Crippen LogP contribution in [-0.4, -0.2) is 19.2 Å². The zero-order valence-electron chi connectivity index (χ0n) is 8.83. The van der Waals surface area contributed by atoms with Crippen molar-refractivity contribution in [1.82, 2.24) is 4.98 Å². The van der Waals surface area contributed by atoms with E-state index in [1.807, 2.05) is 6.07 Å². The Morgan fingerprint density at radius 3 is 2.56 bits per heavy atom. The van der Waals surface area contributed by atoms with E-state index in [0.717, 1.165) is 0 Å². The van der Waals surface area contributed by atoms with Crippen molar-refractivity contribution in [2.45, 2.75) is 12.8 Å². The highest BCUT2D eigenvalue weighted by Crippen LogP contribution is 2.35. The maximum atomic E-state index is 12.8. The van der Waals surface area contributed by atoms with E-state index in [9.17, 15) is 8.78 Å². The first-order valence-electron chi connectivity index (χ1n) is 4.40. The molecule has 0 saturated carbocycles. The second-order valence-corrected chi connectivity index (χ2v) is 2.86. The Labute approximate surface area is 91.4 Å². The van der Waals surface area contributed by atoms with Crippen molar-refractivity contribution in [3.8, 4) is 17.7 Å². The van der Waals surface area contributed by atoms with Crippen molar-refractivity contribution in [2.75, 3.05) is 14.2 Å². The number of aromatic nitrogens is 1. The number of halogens is 2. The van der Waals surface area contributed by atoms with Gasteiger partial charge in [-0.05, 0) is 0 Å². The molecule has 0 N–H and O–H groups in total. The van der Waals surface area contributed by atoms with Gasteiger partial charge in [0, 0.05) is 5.56 Å². The summed E-state index contributed by atoms with van der Waals surface area (Å²) in [5, 5.41) is 8.60. The molecule has 0 aliphatic rings. The fourth-order valence-electron chi connectivity index (χ4n) is 1.35. The summed E-state index contributed by atoms with van der Waals surface area (Å²) in [4.78, 5) is 3.70. The molecule has 0 bridgehead atoms. The van der Waals surface area contributed by atoms with Gasteiger partial charge in [0.2, 0.25) is 5.88 Å². The second kappa shape index (κ2) is 5.26. The summed E-state index contributed by atoms with van der Waals surface area (Å²) in [6, 6.07) is 1.81. The predicted octanol–water partition coefficient (Wildman–Crippen LogP) is 2.10. The lowest BCUT2D eigenvalue weighted by Gasteiger charge is -2.13. The Morgan fingerprint density at radius 1 is 1.44 bits per heavy atom. The van der Waals surface area contributed by atoms with Gasteiger partial charge in [0.05, 0.1) is 38.5 Å². The molecule has 1 rings (SSSR count). The zero-order chi connectivity index (χ0) is 12.1. The first kappa shape index (κ1) is 12.2. The number of nitriles is 1. The van der Waals surface area contributed by atoms with E-state index in [2.05, 4.69) is 4.98 Å². The highest BCUT2D eigenvalue weighted by Gasteiger charge is 2.23. The first-order valence-corrected chi connectivity index (χ1v) is 4.40. The summed E-state index contributed by atoms with van der Waals surface area (Å²) in [5.41, 5.74) is -0.268. The quantitative estimate of drug-likeness (QED) is 0.791. The monoisotopic (exact) mass is 228 g/mol. The third-order valence-corrected chi connectivity index (χ3v) is 2.04. The maximum absolute atomic E-state index is 12.8. The molecule has 86 valence electrons. The van der Waals surface area contributed by atoms with E-state index in [0.29, 0.717) is 0 Å². The van der Waals surface area contributed by atoms with E-state index in [1.54, 1.807) is 0 Å². The summed E-state index contributed by atoms with van der Waals surface area (Å²) in [5.74, 6) is -0.0151. The lowest BCUT2D eigenvalue weighted by Crippen LogP contribution is -2.03. The second-order valence-electron chi connectivity index (χ2n) is 2.86. The zero-order valence-corrected chi connectivity index (χ0v) is 8.83. The summed E-state index contributed by atoms with van der Waals surface area (Å²) in [6.45, 7) is 0. The van der Waals surface area contributed by atoms with E-state index >= 15 is 0 Å². The molecule has 0 spiro atoms. The molecule has 16 heavy (non-hydrogen) atoms. The van der Waals surface area contributed by atoms with E-state index in [1.165, 1.54) is 20.4 Å². The standard InChI is InChI=1S/C10H10F2N2O2/c1-15-7-5-14-10(16-2)8(9(11)12)6(7)3-4-13/h5,9H,3H2,1-2H3. The Balaban J connectivity index is 3.41. The van der Waals surface area contributed by atoms with Crippen LogP contribution in [0, 0.1) is 11.3 Å². The minimum atomic E-state index is -2.76. The molecule has 6 heteroatoms. The average molecular weight is 228 g/mol. The van der Waals surface area contributed by atoms with Crippen LogP contribution < -0.4 is 9.47 Å². The molecule has 0 atom stereocenters. The van der Waals surface area contributed by atoms with Crippen LogP contribution in [0.15, 0.2) is 6.20 Å². The summed E-state index contributed by atoms with van der Waals surface area (Å²) in [6.07, 6.45) is -1.68. The lowest BCUT2D eigenvalue weighted by molar-refractivity contribution is 0.144. The first-order chi connectivity index (χ1) is 7.65. The largest absolute Gasteiger partial charge is 0.495 e. The SMILES string of the molecule is COc1cnc(OC)c(C(F)F)c1CC#N. The molecule has 0 fully saturated rings. The van der Waals surface area contributed by atoms with Gasteiger partial charge in [-0.2, -0.15) is 5.26 Å². The number of hydrogen-bond donors (Lipinski definition) is 0. The van der Waals surface area contributed by atoms with Crippen molar-refractivity contribution in [3.63, 3.8) is 0 Å². The van der Waals surface area contributed by atoms with Gasteiger partial charge in [0.1, 0.15) is 5.75 Å². The number of ether oxygens (including phenoxy) is 2. The topological polar surface area (TPSA) is 55.1 Å². The number of rotatable bonds is 4. The third kappa shape index (κ3) is 2.19. The summed E-state index contributed by atoms with van der Waals surface area (Å²) >= 11 is 0. The summed E-state index contributed by atoms with van der Waals surface area (Å²) in [7, 11) is 2.58. The van der Waals surface area contributed by atoms with Crippen molar-refractivity contribution in [3.05, 3.63) is 17.3 Å². The minimum Gasteiger partial charge on any atom is -0.495 e. The number of alkyl halides is 2. The number of nitrogens with zero attached hydrogens (tertiary/aromatic N) is 2. The van der Waals surface area contributed by atoms with Crippen molar-refractivity contribution >= 4 is 0 Å². The van der Waals surface area contributed by atoms with Crippen LogP contribution in [0.5, 0.6) is 11.6 Å². The molecule has 0 unspecified atom stereocenters. The van der Waals surface area contributed by atoms with E-state index < -0.39 is 6.43 Å². The van der Waals surface area contributed by atoms with Crippen LogP contribution in [0.1, 0.15) is 17.6 Å². The van der Waals surface area contributed by atoms with Crippen LogP contribution in [0.4, 0.5) is 8.78 Å². The van der Waals surface area contributed by atoms with Crippen LogP contribution in [-0.2, 0) is 6.42 Å². The highest BCUT2D eigenvalue weighted by atomic mass is 19.3. The molecule has 1 aromatic heterocycles. The van der Waals surface area contributed by atoms with Crippen molar-refractivity contribution < 1.29 is 18.3 Å². The lowest BCUT2D eigenvalue weighted by atomic mass is 10.1. The third-order valence-electron chi connectivity index (χ3n) is 2.04. The number of methoxy groups -OCH3 is 2. The van der Waals surface area contributed by atoms with Gasteiger partial charge in [-0.25, -0.2) is 13.8 Å². The molecule has 0 radical (unpaired) electrons. The van der Waals surface area contributed by atoms with Gasteiger partial charge in [-0.3, -0.25) is 0 Å². The molecular weight excluding hydrogens is 218 g/mol. The minimum absolute atomic E-state index is 0.117. The van der Waals surface area contributed by atoms with Gasteiger partial charge in [-0.15, -0.1) is 0 Å². The summed E-state index contributed by atoms with van der Waals surface area (Å²) < 4.78 is 35.3.